The maximum atomic E-state index is 3.99. The molecule has 0 N–H and O–H groups in total. The molecule has 0 spiro atoms. The first kappa shape index (κ1) is 31.2. The molecule has 0 saturated carbocycles. The number of benzene rings is 5. The minimum atomic E-state index is -0.429. The van der Waals surface area contributed by atoms with Crippen LogP contribution >= 0.6 is 31.9 Å². The van der Waals surface area contributed by atoms with Crippen LogP contribution in [0.4, 0.5) is 0 Å². The summed E-state index contributed by atoms with van der Waals surface area (Å²) in [5.74, 6) is 0. The van der Waals surface area contributed by atoms with E-state index in [2.05, 4.69) is 173 Å². The summed E-state index contributed by atoms with van der Waals surface area (Å²) in [6.07, 6.45) is 11.9. The highest BCUT2D eigenvalue weighted by atomic mass is 79.9. The third-order valence-electron chi connectivity index (χ3n) is 9.91. The van der Waals surface area contributed by atoms with Gasteiger partial charge in [0, 0.05) is 9.30 Å². The molecule has 230 valence electrons. The Hall–Kier alpha value is -3.46. The number of alkyl halides is 1. The average Bonchev–Trinajstić information content (AvgIpc) is 3.36. The predicted molar refractivity (Wildman–Crippen MR) is 204 cm³/mol. The van der Waals surface area contributed by atoms with Crippen molar-refractivity contribution in [2.24, 2.45) is 0 Å². The van der Waals surface area contributed by atoms with Gasteiger partial charge in [0.25, 0.3) is 0 Å². The quantitative estimate of drug-likeness (QED) is 0.105. The van der Waals surface area contributed by atoms with Crippen LogP contribution in [0.3, 0.4) is 0 Å². The van der Waals surface area contributed by atoms with E-state index in [9.17, 15) is 0 Å². The zero-order valence-corrected chi connectivity index (χ0v) is 29.9. The second-order valence-electron chi connectivity index (χ2n) is 12.9. The topological polar surface area (TPSA) is 0 Å². The van der Waals surface area contributed by atoms with Crippen LogP contribution in [0.5, 0.6) is 0 Å². The number of hydrogen-bond donors (Lipinski definition) is 0. The van der Waals surface area contributed by atoms with Crippen LogP contribution in [-0.2, 0) is 11.8 Å². The van der Waals surface area contributed by atoms with Crippen LogP contribution < -0.4 is 0 Å². The second kappa shape index (κ2) is 13.3. The number of hydrogen-bond acceptors (Lipinski definition) is 0. The lowest BCUT2D eigenvalue weighted by Crippen LogP contribution is -2.31. The van der Waals surface area contributed by atoms with Crippen molar-refractivity contribution < 1.29 is 0 Å². The van der Waals surface area contributed by atoms with Gasteiger partial charge in [-0.3, -0.25) is 0 Å². The van der Waals surface area contributed by atoms with Gasteiger partial charge < -0.3 is 0 Å². The third kappa shape index (κ3) is 5.80. The minimum absolute atomic E-state index is 0.289. The molecular formula is C44H40Br2. The smallest absolute Gasteiger partial charge is 0.0677 e. The van der Waals surface area contributed by atoms with Crippen molar-refractivity contribution in [3.05, 3.63) is 171 Å². The highest BCUT2D eigenvalue weighted by Crippen LogP contribution is 2.58. The van der Waals surface area contributed by atoms with Gasteiger partial charge in [-0.15, -0.1) is 0 Å². The Balaban J connectivity index is 1.40. The van der Waals surface area contributed by atoms with Crippen molar-refractivity contribution in [2.45, 2.75) is 62.6 Å². The van der Waals surface area contributed by atoms with Gasteiger partial charge in [0.2, 0.25) is 0 Å². The Labute approximate surface area is 291 Å². The van der Waals surface area contributed by atoms with E-state index in [0.29, 0.717) is 0 Å². The van der Waals surface area contributed by atoms with Crippen molar-refractivity contribution in [3.63, 3.8) is 0 Å². The molecule has 46 heavy (non-hydrogen) atoms. The lowest BCUT2D eigenvalue weighted by atomic mass is 9.65. The first-order chi connectivity index (χ1) is 22.5. The van der Waals surface area contributed by atoms with Gasteiger partial charge in [0.05, 0.1) is 5.41 Å². The van der Waals surface area contributed by atoms with Crippen molar-refractivity contribution in [3.8, 4) is 22.3 Å². The molecule has 2 aliphatic carbocycles. The van der Waals surface area contributed by atoms with Crippen LogP contribution in [-0.4, -0.2) is 4.83 Å². The highest BCUT2D eigenvalue weighted by molar-refractivity contribution is 9.10. The van der Waals surface area contributed by atoms with E-state index < -0.39 is 5.41 Å². The fourth-order valence-corrected chi connectivity index (χ4v) is 8.40. The molecule has 2 aliphatic rings. The molecular weight excluding hydrogens is 688 g/mol. The fourth-order valence-electron chi connectivity index (χ4n) is 7.56. The summed E-state index contributed by atoms with van der Waals surface area (Å²) in [5, 5.41) is 0. The van der Waals surface area contributed by atoms with Crippen LogP contribution in [0.15, 0.2) is 137 Å². The Morgan fingerprint density at radius 2 is 1.35 bits per heavy atom. The highest BCUT2D eigenvalue weighted by Gasteiger charge is 2.48. The fraction of sp³-hybridized carbons (Fsp3) is 0.227. The number of aryl methyl sites for hydroxylation is 2. The number of unbranched alkanes of at least 4 members (excludes halogenated alkanes) is 3. The molecule has 0 amide bonds. The Morgan fingerprint density at radius 1 is 0.696 bits per heavy atom. The Morgan fingerprint density at radius 3 is 2.00 bits per heavy atom. The van der Waals surface area contributed by atoms with E-state index in [1.165, 1.54) is 92.5 Å². The second-order valence-corrected chi connectivity index (χ2v) is 15.0. The number of fused-ring (bicyclic) bond motifs is 2. The largest absolute Gasteiger partial charge is 0.0842 e. The number of allylic oxidation sites excluding steroid dienone is 4. The van der Waals surface area contributed by atoms with Gasteiger partial charge in [-0.1, -0.05) is 167 Å². The monoisotopic (exact) mass is 726 g/mol. The molecule has 0 aromatic heterocycles. The van der Waals surface area contributed by atoms with E-state index in [-0.39, 0.29) is 4.83 Å². The van der Waals surface area contributed by atoms with Gasteiger partial charge in [-0.2, -0.15) is 0 Å². The van der Waals surface area contributed by atoms with Gasteiger partial charge in [-0.25, -0.2) is 0 Å². The molecule has 0 bridgehead atoms. The maximum Gasteiger partial charge on any atom is 0.0677 e. The zero-order valence-electron chi connectivity index (χ0n) is 26.7. The molecule has 0 fully saturated rings. The normalized spacial score (nSPS) is 18.5. The Kier molecular flexibility index (Phi) is 9.03. The maximum absolute atomic E-state index is 3.99. The Bertz CT molecular complexity index is 1930. The van der Waals surface area contributed by atoms with Gasteiger partial charge in [0.15, 0.2) is 0 Å². The molecule has 0 saturated heterocycles. The SMILES string of the molecule is CCCCCCc1ccc(-c2cccc(C3(c4cccc(-c5ccc(C)cc5)c4)C4=C(C=CC(Br)C4)c4ccc(Br)cc43)c2)cc1. The summed E-state index contributed by atoms with van der Waals surface area (Å²) >= 11 is 7.86. The molecule has 0 heterocycles. The zero-order chi connectivity index (χ0) is 31.7. The number of halogens is 2. The molecule has 5 aromatic rings. The summed E-state index contributed by atoms with van der Waals surface area (Å²) in [7, 11) is 0. The summed E-state index contributed by atoms with van der Waals surface area (Å²) < 4.78 is 1.11. The summed E-state index contributed by atoms with van der Waals surface area (Å²) in [6.45, 7) is 4.43. The first-order valence-electron chi connectivity index (χ1n) is 16.7. The van der Waals surface area contributed by atoms with Crippen molar-refractivity contribution in [2.75, 3.05) is 0 Å². The van der Waals surface area contributed by atoms with Crippen molar-refractivity contribution in [1.82, 2.24) is 0 Å². The van der Waals surface area contributed by atoms with E-state index in [0.717, 1.165) is 17.3 Å². The van der Waals surface area contributed by atoms with Crippen molar-refractivity contribution >= 4 is 37.4 Å². The van der Waals surface area contributed by atoms with E-state index in [1.54, 1.807) is 0 Å². The lowest BCUT2D eigenvalue weighted by molar-refractivity contribution is 0.667. The third-order valence-corrected chi connectivity index (χ3v) is 11.0. The van der Waals surface area contributed by atoms with Gasteiger partial charge in [0.1, 0.15) is 0 Å². The first-order valence-corrected chi connectivity index (χ1v) is 18.4. The molecule has 0 nitrogen and oxygen atoms in total. The summed E-state index contributed by atoms with van der Waals surface area (Å²) in [5.41, 5.74) is 15.4. The van der Waals surface area contributed by atoms with E-state index in [1.807, 2.05) is 0 Å². The molecule has 0 radical (unpaired) electrons. The van der Waals surface area contributed by atoms with Crippen LogP contribution in [0.2, 0.25) is 0 Å². The van der Waals surface area contributed by atoms with Crippen molar-refractivity contribution in [1.29, 1.82) is 0 Å². The van der Waals surface area contributed by atoms with Gasteiger partial charge in [-0.05, 0) is 112 Å². The molecule has 2 atom stereocenters. The molecule has 7 rings (SSSR count). The van der Waals surface area contributed by atoms with E-state index in [4.69, 9.17) is 0 Å². The summed E-state index contributed by atoms with van der Waals surface area (Å²) in [4.78, 5) is 0.289. The average molecular weight is 729 g/mol. The lowest BCUT2D eigenvalue weighted by Gasteiger charge is -2.37. The summed E-state index contributed by atoms with van der Waals surface area (Å²) in [6, 6.07) is 43.7. The molecule has 5 aromatic carbocycles. The molecule has 2 unspecified atom stereocenters. The predicted octanol–water partition coefficient (Wildman–Crippen LogP) is 13.0. The van der Waals surface area contributed by atoms with Crippen LogP contribution in [0.25, 0.3) is 27.8 Å². The van der Waals surface area contributed by atoms with Gasteiger partial charge >= 0.3 is 0 Å². The van der Waals surface area contributed by atoms with Crippen LogP contribution in [0.1, 0.15) is 72.4 Å². The standard InChI is InChI=1S/C44H40Br2/c1-3-4-5-6-9-31-16-20-33(21-17-31)35-11-8-13-37(27-35)44(36-12-7-10-34(26-36)32-18-14-30(2)15-19-32)42-28-38(45)22-24-40(42)41-25-23-39(46)29-43(41)44/h7-8,10-28,39H,3-6,9,29H2,1-2H3. The van der Waals surface area contributed by atoms with Crippen LogP contribution in [0, 0.1) is 6.92 Å². The molecule has 2 heteroatoms. The number of rotatable bonds is 9. The minimum Gasteiger partial charge on any atom is -0.0842 e. The van der Waals surface area contributed by atoms with E-state index >= 15 is 0 Å². The molecule has 0 aliphatic heterocycles.